The van der Waals surface area contributed by atoms with Crippen molar-refractivity contribution in [1.29, 1.82) is 0 Å². The van der Waals surface area contributed by atoms with E-state index in [1.807, 2.05) is 24.9 Å². The minimum atomic E-state index is 0.688. The molecule has 1 aromatic rings. The summed E-state index contributed by atoms with van der Waals surface area (Å²) in [6, 6.07) is 0. The van der Waals surface area contributed by atoms with E-state index < -0.39 is 0 Å². The van der Waals surface area contributed by atoms with Crippen LogP contribution in [0.3, 0.4) is 0 Å². The second-order valence-corrected chi connectivity index (χ2v) is 4.45. The topological polar surface area (TPSA) is 41.9 Å². The summed E-state index contributed by atoms with van der Waals surface area (Å²) >= 11 is 8.39. The maximum Gasteiger partial charge on any atom is 0.166 e. The molecular formula is C9H15BrN4S. The molecule has 84 valence electrons. The number of aryl methyl sites for hydroxylation is 2. The molecule has 1 rings (SSSR count). The molecule has 0 aliphatic carbocycles. The normalized spacial score (nSPS) is 10.1. The van der Waals surface area contributed by atoms with Crippen LogP contribution in [-0.2, 0) is 6.54 Å². The maximum absolute atomic E-state index is 4.96. The van der Waals surface area contributed by atoms with E-state index in [2.05, 4.69) is 31.7 Å². The van der Waals surface area contributed by atoms with E-state index in [4.69, 9.17) is 12.2 Å². The van der Waals surface area contributed by atoms with Gasteiger partial charge in [-0.05, 0) is 41.5 Å². The van der Waals surface area contributed by atoms with Crippen molar-refractivity contribution in [1.82, 2.24) is 20.4 Å². The summed E-state index contributed by atoms with van der Waals surface area (Å²) in [6.07, 6.45) is 2.99. The standard InChI is InChI=1S/C9H15BrN4S/c1-7-8(10)6-14(13-7)5-3-4-12-9(15)11-2/h6H,3-5H2,1-2H3,(H2,11,12,15). The van der Waals surface area contributed by atoms with Crippen molar-refractivity contribution < 1.29 is 0 Å². The van der Waals surface area contributed by atoms with Crippen LogP contribution in [0, 0.1) is 6.92 Å². The number of rotatable bonds is 4. The minimum Gasteiger partial charge on any atom is -0.366 e. The van der Waals surface area contributed by atoms with Crippen molar-refractivity contribution in [3.63, 3.8) is 0 Å². The van der Waals surface area contributed by atoms with Gasteiger partial charge < -0.3 is 10.6 Å². The Bertz CT molecular complexity index is 317. The second-order valence-electron chi connectivity index (χ2n) is 3.18. The third-order valence-electron chi connectivity index (χ3n) is 1.96. The fourth-order valence-corrected chi connectivity index (χ4v) is 1.56. The van der Waals surface area contributed by atoms with Crippen LogP contribution in [0.5, 0.6) is 0 Å². The molecule has 0 aliphatic heterocycles. The molecule has 0 saturated carbocycles. The van der Waals surface area contributed by atoms with Crippen molar-refractivity contribution in [3.8, 4) is 0 Å². The molecule has 4 nitrogen and oxygen atoms in total. The Morgan fingerprint density at radius 1 is 1.67 bits per heavy atom. The molecule has 0 aliphatic rings. The highest BCUT2D eigenvalue weighted by Crippen LogP contribution is 2.12. The molecule has 0 radical (unpaired) electrons. The van der Waals surface area contributed by atoms with Gasteiger partial charge in [0.05, 0.1) is 10.2 Å². The quantitative estimate of drug-likeness (QED) is 0.650. The summed E-state index contributed by atoms with van der Waals surface area (Å²) in [6.45, 7) is 3.73. The van der Waals surface area contributed by atoms with E-state index in [1.54, 1.807) is 0 Å². The highest BCUT2D eigenvalue weighted by molar-refractivity contribution is 9.10. The van der Waals surface area contributed by atoms with Gasteiger partial charge in [-0.15, -0.1) is 0 Å². The van der Waals surface area contributed by atoms with Crippen LogP contribution in [0.1, 0.15) is 12.1 Å². The second kappa shape index (κ2) is 6.07. The molecule has 6 heteroatoms. The number of hydrogen-bond acceptors (Lipinski definition) is 2. The van der Waals surface area contributed by atoms with Crippen LogP contribution in [-0.4, -0.2) is 28.5 Å². The Balaban J connectivity index is 2.23. The first-order valence-corrected chi connectivity index (χ1v) is 5.98. The molecule has 1 aromatic heterocycles. The average Bonchev–Trinajstić information content (AvgIpc) is 2.53. The third kappa shape index (κ3) is 4.17. The smallest absolute Gasteiger partial charge is 0.166 e. The van der Waals surface area contributed by atoms with E-state index in [9.17, 15) is 0 Å². The van der Waals surface area contributed by atoms with Gasteiger partial charge in [0, 0.05) is 26.3 Å². The molecular weight excluding hydrogens is 276 g/mol. The largest absolute Gasteiger partial charge is 0.366 e. The van der Waals surface area contributed by atoms with Gasteiger partial charge in [-0.2, -0.15) is 5.10 Å². The summed E-state index contributed by atoms with van der Waals surface area (Å²) in [7, 11) is 1.81. The van der Waals surface area contributed by atoms with Crippen LogP contribution in [0.25, 0.3) is 0 Å². The predicted octanol–water partition coefficient (Wildman–Crippen LogP) is 1.44. The Morgan fingerprint density at radius 2 is 2.40 bits per heavy atom. The minimum absolute atomic E-state index is 0.688. The zero-order valence-corrected chi connectivity index (χ0v) is 11.3. The first-order valence-electron chi connectivity index (χ1n) is 4.78. The number of nitrogens with zero attached hydrogens (tertiary/aromatic N) is 2. The van der Waals surface area contributed by atoms with E-state index >= 15 is 0 Å². The lowest BCUT2D eigenvalue weighted by Crippen LogP contribution is -2.33. The van der Waals surface area contributed by atoms with Crippen molar-refractivity contribution in [3.05, 3.63) is 16.4 Å². The zero-order valence-electron chi connectivity index (χ0n) is 8.88. The van der Waals surface area contributed by atoms with Crippen LogP contribution >= 0.6 is 28.1 Å². The molecule has 2 N–H and O–H groups in total. The Labute approximate surface area is 104 Å². The van der Waals surface area contributed by atoms with Crippen LogP contribution in [0.15, 0.2) is 10.7 Å². The summed E-state index contributed by atoms with van der Waals surface area (Å²) in [5.41, 5.74) is 1.02. The molecule has 0 spiro atoms. The molecule has 0 atom stereocenters. The highest BCUT2D eigenvalue weighted by atomic mass is 79.9. The van der Waals surface area contributed by atoms with Gasteiger partial charge in [0.15, 0.2) is 5.11 Å². The predicted molar refractivity (Wildman–Crippen MR) is 68.9 cm³/mol. The molecule has 0 fully saturated rings. The maximum atomic E-state index is 4.96. The molecule has 0 saturated heterocycles. The van der Waals surface area contributed by atoms with Gasteiger partial charge in [-0.1, -0.05) is 0 Å². The van der Waals surface area contributed by atoms with Gasteiger partial charge in [-0.3, -0.25) is 4.68 Å². The van der Waals surface area contributed by atoms with Crippen LogP contribution in [0.2, 0.25) is 0 Å². The van der Waals surface area contributed by atoms with E-state index in [0.717, 1.165) is 29.7 Å². The van der Waals surface area contributed by atoms with E-state index in [-0.39, 0.29) is 0 Å². The fourth-order valence-electron chi connectivity index (χ4n) is 1.14. The molecule has 0 amide bonds. The molecule has 15 heavy (non-hydrogen) atoms. The number of aromatic nitrogens is 2. The third-order valence-corrected chi connectivity index (χ3v) is 3.09. The summed E-state index contributed by atoms with van der Waals surface area (Å²) in [5.74, 6) is 0. The number of halogens is 1. The van der Waals surface area contributed by atoms with Crippen molar-refractivity contribution in [2.75, 3.05) is 13.6 Å². The van der Waals surface area contributed by atoms with Gasteiger partial charge in [0.2, 0.25) is 0 Å². The van der Waals surface area contributed by atoms with Gasteiger partial charge in [-0.25, -0.2) is 0 Å². The summed E-state index contributed by atoms with van der Waals surface area (Å²) < 4.78 is 2.99. The van der Waals surface area contributed by atoms with Crippen molar-refractivity contribution in [2.45, 2.75) is 19.9 Å². The summed E-state index contributed by atoms with van der Waals surface area (Å²) in [5, 5.41) is 11.0. The van der Waals surface area contributed by atoms with Crippen LogP contribution in [0.4, 0.5) is 0 Å². The lowest BCUT2D eigenvalue weighted by Gasteiger charge is -2.06. The molecule has 0 unspecified atom stereocenters. The van der Waals surface area contributed by atoms with Gasteiger partial charge in [0.1, 0.15) is 0 Å². The fraction of sp³-hybridized carbons (Fsp3) is 0.556. The molecule has 1 heterocycles. The van der Waals surface area contributed by atoms with Gasteiger partial charge in [0.25, 0.3) is 0 Å². The molecule has 0 aromatic carbocycles. The van der Waals surface area contributed by atoms with Gasteiger partial charge >= 0.3 is 0 Å². The van der Waals surface area contributed by atoms with Crippen LogP contribution < -0.4 is 10.6 Å². The molecule has 0 bridgehead atoms. The summed E-state index contributed by atoms with van der Waals surface area (Å²) in [4.78, 5) is 0. The van der Waals surface area contributed by atoms with Crippen molar-refractivity contribution >= 4 is 33.3 Å². The lowest BCUT2D eigenvalue weighted by atomic mass is 10.4. The first kappa shape index (κ1) is 12.4. The van der Waals surface area contributed by atoms with Crippen molar-refractivity contribution in [2.24, 2.45) is 0 Å². The monoisotopic (exact) mass is 290 g/mol. The Kier molecular flexibility index (Phi) is 5.04. The number of nitrogens with one attached hydrogen (secondary N) is 2. The Morgan fingerprint density at radius 3 is 2.93 bits per heavy atom. The zero-order chi connectivity index (χ0) is 11.3. The highest BCUT2D eigenvalue weighted by Gasteiger charge is 2.00. The average molecular weight is 291 g/mol. The first-order chi connectivity index (χ1) is 7.13. The Hall–Kier alpha value is -0.620. The van der Waals surface area contributed by atoms with E-state index in [1.165, 1.54) is 0 Å². The van der Waals surface area contributed by atoms with E-state index in [0.29, 0.717) is 5.11 Å². The number of thiocarbonyl (C=S) groups is 1. The SMILES string of the molecule is CNC(=S)NCCCn1cc(Br)c(C)n1. The number of hydrogen-bond donors (Lipinski definition) is 2. The lowest BCUT2D eigenvalue weighted by molar-refractivity contribution is 0.569.